The van der Waals surface area contributed by atoms with Gasteiger partial charge >= 0.3 is 0 Å². The highest BCUT2D eigenvalue weighted by Gasteiger charge is 1.87. The standard InChI is InChI=1S/C14H19N/c1-2-3-4-5-6-10-13-15-14-11-8-7-9-12-14/h3,5,7-9,11-12,15H,2,6,10,13H2,1H3. The first kappa shape index (κ1) is 11.6. The van der Waals surface area contributed by atoms with Crippen LogP contribution in [0.1, 0.15) is 26.2 Å². The van der Waals surface area contributed by atoms with Gasteiger partial charge in [0.1, 0.15) is 0 Å². The van der Waals surface area contributed by atoms with E-state index in [9.17, 15) is 0 Å². The van der Waals surface area contributed by atoms with Gasteiger partial charge in [0.2, 0.25) is 0 Å². The van der Waals surface area contributed by atoms with Gasteiger partial charge in [-0.15, -0.1) is 5.73 Å². The first-order valence-electron chi connectivity index (χ1n) is 5.62. The normalized spacial score (nSPS) is 9.13. The van der Waals surface area contributed by atoms with Gasteiger partial charge in [0.15, 0.2) is 0 Å². The van der Waals surface area contributed by atoms with E-state index < -0.39 is 0 Å². The average molecular weight is 201 g/mol. The van der Waals surface area contributed by atoms with Crippen LogP contribution in [0.25, 0.3) is 0 Å². The molecule has 1 nitrogen and oxygen atoms in total. The molecule has 0 spiro atoms. The molecular formula is C14H19N. The van der Waals surface area contributed by atoms with Crippen LogP contribution in [0.4, 0.5) is 5.69 Å². The molecule has 0 amide bonds. The van der Waals surface area contributed by atoms with E-state index in [2.05, 4.69) is 42.3 Å². The highest BCUT2D eigenvalue weighted by Crippen LogP contribution is 2.04. The number of hydrogen-bond acceptors (Lipinski definition) is 1. The molecule has 0 aliphatic heterocycles. The molecule has 0 atom stereocenters. The average Bonchev–Trinajstić information content (AvgIpc) is 2.29. The molecule has 0 aliphatic rings. The van der Waals surface area contributed by atoms with Gasteiger partial charge in [0.25, 0.3) is 0 Å². The van der Waals surface area contributed by atoms with E-state index in [-0.39, 0.29) is 0 Å². The Morgan fingerprint density at radius 1 is 1.20 bits per heavy atom. The zero-order chi connectivity index (χ0) is 10.8. The first-order valence-corrected chi connectivity index (χ1v) is 5.62. The van der Waals surface area contributed by atoms with Crippen molar-refractivity contribution in [3.63, 3.8) is 0 Å². The Bertz CT molecular complexity index is 307. The van der Waals surface area contributed by atoms with Crippen molar-refractivity contribution >= 4 is 5.69 Å². The largest absolute Gasteiger partial charge is 0.385 e. The third kappa shape index (κ3) is 5.77. The maximum absolute atomic E-state index is 3.38. The van der Waals surface area contributed by atoms with Crippen LogP contribution >= 0.6 is 0 Å². The topological polar surface area (TPSA) is 12.0 Å². The second kappa shape index (κ2) is 7.90. The second-order valence-electron chi connectivity index (χ2n) is 3.42. The molecule has 0 fully saturated rings. The van der Waals surface area contributed by atoms with Crippen LogP contribution in [0.2, 0.25) is 0 Å². The summed E-state index contributed by atoms with van der Waals surface area (Å²) in [6.07, 6.45) is 7.48. The molecule has 0 saturated carbocycles. The van der Waals surface area contributed by atoms with Crippen LogP contribution in [0.5, 0.6) is 0 Å². The molecule has 0 aliphatic carbocycles. The number of benzene rings is 1. The minimum absolute atomic E-state index is 1.02. The predicted molar refractivity (Wildman–Crippen MR) is 67.1 cm³/mol. The zero-order valence-corrected chi connectivity index (χ0v) is 9.37. The van der Waals surface area contributed by atoms with Crippen molar-refractivity contribution in [1.82, 2.24) is 0 Å². The molecule has 15 heavy (non-hydrogen) atoms. The van der Waals surface area contributed by atoms with Gasteiger partial charge in [0.05, 0.1) is 0 Å². The first-order chi connectivity index (χ1) is 7.43. The summed E-state index contributed by atoms with van der Waals surface area (Å²) in [5.41, 5.74) is 4.36. The maximum atomic E-state index is 3.38. The van der Waals surface area contributed by atoms with Crippen LogP contribution in [0, 0.1) is 0 Å². The van der Waals surface area contributed by atoms with E-state index in [4.69, 9.17) is 0 Å². The van der Waals surface area contributed by atoms with Crippen molar-refractivity contribution in [2.45, 2.75) is 26.2 Å². The Labute approximate surface area is 92.5 Å². The fraction of sp³-hybridized carbons (Fsp3) is 0.357. The third-order valence-electron chi connectivity index (χ3n) is 2.07. The summed E-state index contributed by atoms with van der Waals surface area (Å²) in [5, 5.41) is 3.38. The lowest BCUT2D eigenvalue weighted by Crippen LogP contribution is -1.99. The fourth-order valence-corrected chi connectivity index (χ4v) is 1.28. The van der Waals surface area contributed by atoms with Crippen LogP contribution < -0.4 is 5.32 Å². The van der Waals surface area contributed by atoms with E-state index in [1.54, 1.807) is 0 Å². The number of hydrogen-bond donors (Lipinski definition) is 1. The zero-order valence-electron chi connectivity index (χ0n) is 9.37. The molecule has 0 unspecified atom stereocenters. The highest BCUT2D eigenvalue weighted by molar-refractivity contribution is 5.42. The molecule has 1 rings (SSSR count). The smallest absolute Gasteiger partial charge is 0.0340 e. The van der Waals surface area contributed by atoms with Crippen LogP contribution in [0.15, 0.2) is 48.2 Å². The van der Waals surface area contributed by atoms with Gasteiger partial charge in [-0.3, -0.25) is 0 Å². The minimum Gasteiger partial charge on any atom is -0.385 e. The van der Waals surface area contributed by atoms with Gasteiger partial charge < -0.3 is 5.32 Å². The summed E-state index contributed by atoms with van der Waals surface area (Å²) in [5.74, 6) is 0. The van der Waals surface area contributed by atoms with Gasteiger partial charge in [-0.05, 0) is 43.5 Å². The fourth-order valence-electron chi connectivity index (χ4n) is 1.28. The monoisotopic (exact) mass is 201 g/mol. The lowest BCUT2D eigenvalue weighted by molar-refractivity contribution is 0.890. The van der Waals surface area contributed by atoms with Crippen molar-refractivity contribution < 1.29 is 0 Å². The Kier molecular flexibility index (Phi) is 6.12. The number of nitrogens with one attached hydrogen (secondary N) is 1. The molecule has 1 aromatic carbocycles. The number of anilines is 1. The number of para-hydroxylation sites is 1. The lowest BCUT2D eigenvalue weighted by atomic mass is 10.2. The van der Waals surface area contributed by atoms with Gasteiger partial charge in [0, 0.05) is 12.2 Å². The van der Waals surface area contributed by atoms with E-state index in [0.29, 0.717) is 0 Å². The summed E-state index contributed by atoms with van der Waals surface area (Å²) in [6.45, 7) is 3.14. The summed E-state index contributed by atoms with van der Waals surface area (Å²) in [6, 6.07) is 10.3. The van der Waals surface area contributed by atoms with Crippen molar-refractivity contribution in [2.75, 3.05) is 11.9 Å². The van der Waals surface area contributed by atoms with E-state index in [1.807, 2.05) is 18.2 Å². The highest BCUT2D eigenvalue weighted by atomic mass is 14.9. The van der Waals surface area contributed by atoms with Crippen LogP contribution in [0.3, 0.4) is 0 Å². The molecule has 1 aromatic rings. The van der Waals surface area contributed by atoms with Crippen LogP contribution in [-0.2, 0) is 0 Å². The molecule has 0 saturated heterocycles. The van der Waals surface area contributed by atoms with Gasteiger partial charge in [-0.25, -0.2) is 0 Å². The summed E-state index contributed by atoms with van der Waals surface area (Å²) in [4.78, 5) is 0. The number of rotatable bonds is 6. The second-order valence-corrected chi connectivity index (χ2v) is 3.42. The quantitative estimate of drug-likeness (QED) is 0.542. The van der Waals surface area contributed by atoms with Crippen molar-refractivity contribution in [2.24, 2.45) is 0 Å². The maximum Gasteiger partial charge on any atom is 0.0340 e. The SMILES string of the molecule is CCC=C=CCCCNc1ccccc1. The Hall–Kier alpha value is -1.46. The van der Waals surface area contributed by atoms with E-state index in [1.165, 1.54) is 5.69 Å². The molecule has 80 valence electrons. The Balaban J connectivity index is 2.10. The molecule has 0 radical (unpaired) electrons. The number of allylic oxidation sites excluding steroid dienone is 1. The molecule has 1 heteroatoms. The van der Waals surface area contributed by atoms with E-state index in [0.717, 1.165) is 25.8 Å². The molecule has 0 bridgehead atoms. The Morgan fingerprint density at radius 3 is 2.73 bits per heavy atom. The minimum atomic E-state index is 1.02. The van der Waals surface area contributed by atoms with Crippen molar-refractivity contribution in [3.8, 4) is 0 Å². The summed E-state index contributed by atoms with van der Waals surface area (Å²) in [7, 11) is 0. The molecular weight excluding hydrogens is 182 g/mol. The molecule has 0 heterocycles. The summed E-state index contributed by atoms with van der Waals surface area (Å²) >= 11 is 0. The number of unbranched alkanes of at least 4 members (excludes halogenated alkanes) is 1. The van der Waals surface area contributed by atoms with Crippen LogP contribution in [-0.4, -0.2) is 6.54 Å². The van der Waals surface area contributed by atoms with Crippen molar-refractivity contribution in [3.05, 3.63) is 48.2 Å². The van der Waals surface area contributed by atoms with Gasteiger partial charge in [-0.1, -0.05) is 25.1 Å². The van der Waals surface area contributed by atoms with E-state index >= 15 is 0 Å². The molecule has 0 aromatic heterocycles. The van der Waals surface area contributed by atoms with Crippen molar-refractivity contribution in [1.29, 1.82) is 0 Å². The predicted octanol–water partition coefficient (Wildman–Crippen LogP) is 4.00. The lowest BCUT2D eigenvalue weighted by Gasteiger charge is -2.03. The summed E-state index contributed by atoms with van der Waals surface area (Å²) < 4.78 is 0. The molecule has 1 N–H and O–H groups in total. The third-order valence-corrected chi connectivity index (χ3v) is 2.07. The van der Waals surface area contributed by atoms with Gasteiger partial charge in [-0.2, -0.15) is 0 Å². The Morgan fingerprint density at radius 2 is 2.00 bits per heavy atom.